The van der Waals surface area contributed by atoms with E-state index in [1.165, 1.54) is 6.07 Å². The van der Waals surface area contributed by atoms with Crippen LogP contribution in [0.4, 0.5) is 14.6 Å². The molecule has 2 atom stereocenters. The summed E-state index contributed by atoms with van der Waals surface area (Å²) in [6, 6.07) is 2.70. The molecule has 0 amide bonds. The van der Waals surface area contributed by atoms with Crippen molar-refractivity contribution in [2.45, 2.75) is 45.1 Å². The summed E-state index contributed by atoms with van der Waals surface area (Å²) < 4.78 is 32.9. The minimum Gasteiger partial charge on any atom is -0.466 e. The number of fused-ring (bicyclic) bond motifs is 4. The average Bonchev–Trinajstić information content (AvgIpc) is 3.07. The first-order valence-corrected chi connectivity index (χ1v) is 9.64. The van der Waals surface area contributed by atoms with Gasteiger partial charge >= 0.3 is 5.97 Å². The van der Waals surface area contributed by atoms with Crippen LogP contribution >= 0.6 is 11.6 Å². The lowest BCUT2D eigenvalue weighted by molar-refractivity contribution is -0.154. The molecule has 0 saturated heterocycles. The van der Waals surface area contributed by atoms with Gasteiger partial charge in [-0.3, -0.25) is 4.79 Å². The highest BCUT2D eigenvalue weighted by atomic mass is 35.5. The molecule has 146 valence electrons. The largest absolute Gasteiger partial charge is 0.466 e. The molecule has 3 saturated carbocycles. The molecule has 5 rings (SSSR count). The Hall–Kier alpha value is -1.96. The Balaban J connectivity index is 1.70. The summed E-state index contributed by atoms with van der Waals surface area (Å²) in [5.41, 5.74) is 0.170. The third-order valence-corrected chi connectivity index (χ3v) is 5.98. The SMILES string of the molecule is CCOC(=O)C1C2CCC(CC2)C1Nc1nc(Cl)nn2c(C(F)F)ccc12. The minimum atomic E-state index is -2.68. The van der Waals surface area contributed by atoms with Gasteiger partial charge in [0.05, 0.1) is 12.5 Å². The molecule has 0 spiro atoms. The van der Waals surface area contributed by atoms with Crippen molar-refractivity contribution in [2.24, 2.45) is 17.8 Å². The Labute approximate surface area is 160 Å². The van der Waals surface area contributed by atoms with Crippen molar-refractivity contribution in [3.8, 4) is 0 Å². The lowest BCUT2D eigenvalue weighted by Gasteiger charge is -2.47. The Morgan fingerprint density at radius 2 is 2.04 bits per heavy atom. The van der Waals surface area contributed by atoms with Crippen LogP contribution in [0.1, 0.15) is 44.7 Å². The molecule has 3 fully saturated rings. The number of carbonyl (C=O) groups is 1. The number of esters is 1. The molecule has 6 nitrogen and oxygen atoms in total. The number of hydrogen-bond donors (Lipinski definition) is 1. The van der Waals surface area contributed by atoms with Gasteiger partial charge in [0.2, 0.25) is 5.28 Å². The number of carbonyl (C=O) groups excluding carboxylic acids is 1. The second-order valence-electron chi connectivity index (χ2n) is 7.21. The maximum absolute atomic E-state index is 13.2. The van der Waals surface area contributed by atoms with Crippen LogP contribution < -0.4 is 5.32 Å². The first-order valence-electron chi connectivity index (χ1n) is 9.26. The number of alkyl halides is 2. The van der Waals surface area contributed by atoms with E-state index in [-0.39, 0.29) is 34.8 Å². The van der Waals surface area contributed by atoms with Crippen LogP contribution in [-0.2, 0) is 9.53 Å². The van der Waals surface area contributed by atoms with E-state index in [0.717, 1.165) is 30.2 Å². The molecule has 0 aromatic carbocycles. The lowest BCUT2D eigenvalue weighted by atomic mass is 9.61. The highest BCUT2D eigenvalue weighted by molar-refractivity contribution is 6.28. The van der Waals surface area contributed by atoms with Crippen molar-refractivity contribution in [3.63, 3.8) is 0 Å². The van der Waals surface area contributed by atoms with E-state index in [1.807, 2.05) is 0 Å². The highest BCUT2D eigenvalue weighted by Crippen LogP contribution is 2.47. The van der Waals surface area contributed by atoms with Crippen molar-refractivity contribution in [2.75, 3.05) is 11.9 Å². The molecular formula is C18H21ClF2N4O2. The fraction of sp³-hybridized carbons (Fsp3) is 0.611. The van der Waals surface area contributed by atoms with Crippen LogP contribution in [0.3, 0.4) is 0 Å². The van der Waals surface area contributed by atoms with Crippen molar-refractivity contribution >= 4 is 28.9 Å². The summed E-state index contributed by atoms with van der Waals surface area (Å²) in [5.74, 6) is 0.472. The number of hydrogen-bond acceptors (Lipinski definition) is 5. The maximum atomic E-state index is 13.2. The summed E-state index contributed by atoms with van der Waals surface area (Å²) in [5, 5.41) is 7.11. The van der Waals surface area contributed by atoms with Gasteiger partial charge in [-0.2, -0.15) is 4.98 Å². The third-order valence-electron chi connectivity index (χ3n) is 5.82. The zero-order chi connectivity index (χ0) is 19.1. The monoisotopic (exact) mass is 398 g/mol. The smallest absolute Gasteiger partial charge is 0.311 e. The van der Waals surface area contributed by atoms with E-state index in [9.17, 15) is 13.6 Å². The summed E-state index contributed by atoms with van der Waals surface area (Å²) in [6.45, 7) is 2.13. The van der Waals surface area contributed by atoms with E-state index in [1.54, 1.807) is 13.0 Å². The zero-order valence-electron chi connectivity index (χ0n) is 14.9. The normalized spacial score (nSPS) is 27.3. The van der Waals surface area contributed by atoms with E-state index in [0.29, 0.717) is 23.9 Å². The van der Waals surface area contributed by atoms with Crippen LogP contribution in [0.15, 0.2) is 12.1 Å². The summed E-state index contributed by atoms with van der Waals surface area (Å²) in [7, 11) is 0. The summed E-state index contributed by atoms with van der Waals surface area (Å²) >= 11 is 5.98. The fourth-order valence-corrected chi connectivity index (χ4v) is 4.81. The number of halogens is 3. The Morgan fingerprint density at radius 3 is 2.70 bits per heavy atom. The fourth-order valence-electron chi connectivity index (χ4n) is 4.65. The molecule has 0 aliphatic heterocycles. The molecule has 1 N–H and O–H groups in total. The van der Waals surface area contributed by atoms with Crippen LogP contribution in [0.25, 0.3) is 5.52 Å². The number of aromatic nitrogens is 3. The van der Waals surface area contributed by atoms with Gasteiger partial charge in [0, 0.05) is 6.04 Å². The van der Waals surface area contributed by atoms with Crippen molar-refractivity contribution in [3.05, 3.63) is 23.1 Å². The summed E-state index contributed by atoms with van der Waals surface area (Å²) in [6.07, 6.45) is 1.39. The molecule has 3 aliphatic rings. The first kappa shape index (κ1) is 18.4. The molecule has 2 aromatic heterocycles. The van der Waals surface area contributed by atoms with Gasteiger partial charge in [0.1, 0.15) is 11.2 Å². The lowest BCUT2D eigenvalue weighted by Crippen LogP contribution is -2.52. The van der Waals surface area contributed by atoms with E-state index < -0.39 is 6.43 Å². The van der Waals surface area contributed by atoms with Gasteiger partial charge in [0.15, 0.2) is 5.82 Å². The molecule has 2 heterocycles. The highest BCUT2D eigenvalue weighted by Gasteiger charge is 2.48. The minimum absolute atomic E-state index is 0.128. The average molecular weight is 399 g/mol. The van der Waals surface area contributed by atoms with Crippen molar-refractivity contribution < 1.29 is 18.3 Å². The Kier molecular flexibility index (Phi) is 4.92. The number of nitrogens with one attached hydrogen (secondary N) is 1. The van der Waals surface area contributed by atoms with Crippen LogP contribution in [0.2, 0.25) is 5.28 Å². The van der Waals surface area contributed by atoms with Gasteiger partial charge in [-0.15, -0.1) is 5.10 Å². The second kappa shape index (κ2) is 7.22. The number of anilines is 1. The molecule has 2 bridgehead atoms. The number of ether oxygens (including phenoxy) is 1. The predicted octanol–water partition coefficient (Wildman–Crippen LogP) is 4.10. The molecule has 2 unspecified atom stereocenters. The van der Waals surface area contributed by atoms with Crippen LogP contribution in [0.5, 0.6) is 0 Å². The van der Waals surface area contributed by atoms with Crippen LogP contribution in [0, 0.1) is 17.8 Å². The Morgan fingerprint density at radius 1 is 1.33 bits per heavy atom. The van der Waals surface area contributed by atoms with Gasteiger partial charge in [-0.25, -0.2) is 13.3 Å². The molecule has 9 heteroatoms. The Bertz CT molecular complexity index is 851. The molecule has 0 radical (unpaired) electrons. The zero-order valence-corrected chi connectivity index (χ0v) is 15.6. The summed E-state index contributed by atoms with van der Waals surface area (Å²) in [4.78, 5) is 16.8. The van der Waals surface area contributed by atoms with E-state index >= 15 is 0 Å². The maximum Gasteiger partial charge on any atom is 0.311 e. The topological polar surface area (TPSA) is 68.5 Å². The van der Waals surface area contributed by atoms with Crippen LogP contribution in [-0.4, -0.2) is 33.2 Å². The quantitative estimate of drug-likeness (QED) is 0.768. The molecule has 27 heavy (non-hydrogen) atoms. The predicted molar refractivity (Wildman–Crippen MR) is 95.9 cm³/mol. The number of rotatable bonds is 5. The first-order chi connectivity index (χ1) is 13.0. The van der Waals surface area contributed by atoms with E-state index in [2.05, 4.69) is 15.4 Å². The van der Waals surface area contributed by atoms with Gasteiger partial charge < -0.3 is 10.1 Å². The van der Waals surface area contributed by atoms with Crippen molar-refractivity contribution in [1.29, 1.82) is 0 Å². The van der Waals surface area contributed by atoms with Crippen molar-refractivity contribution in [1.82, 2.24) is 14.6 Å². The van der Waals surface area contributed by atoms with Gasteiger partial charge in [0.25, 0.3) is 6.43 Å². The van der Waals surface area contributed by atoms with E-state index in [4.69, 9.17) is 16.3 Å². The standard InChI is InChI=1S/C18H21ClF2N4O2/c1-2-27-17(26)13-9-3-5-10(6-4-9)14(13)22-16-12-8-7-11(15(20)21)25(12)24-18(19)23-16/h7-10,13-15H,2-6H2,1H3,(H,22,23,24). The molecular weight excluding hydrogens is 378 g/mol. The second-order valence-corrected chi connectivity index (χ2v) is 7.55. The molecule has 2 aromatic rings. The third kappa shape index (κ3) is 3.24. The van der Waals surface area contributed by atoms with Gasteiger partial charge in [-0.05, 0) is 68.2 Å². The molecule has 3 aliphatic carbocycles. The van der Waals surface area contributed by atoms with Gasteiger partial charge in [-0.1, -0.05) is 0 Å². The number of nitrogens with zero attached hydrogens (tertiary/aromatic N) is 3.